The first-order valence-electron chi connectivity index (χ1n) is 5.87. The third-order valence-corrected chi connectivity index (χ3v) is 4.74. The zero-order valence-corrected chi connectivity index (χ0v) is 12.4. The van der Waals surface area contributed by atoms with Gasteiger partial charge >= 0.3 is 0 Å². The Morgan fingerprint density at radius 2 is 2.29 bits per heavy atom. The second-order valence-corrected chi connectivity index (χ2v) is 7.02. The van der Waals surface area contributed by atoms with Gasteiger partial charge in [-0.05, 0) is 34.1 Å². The third-order valence-electron chi connectivity index (χ3n) is 2.72. The lowest BCUT2D eigenvalue weighted by Gasteiger charge is -2.32. The third kappa shape index (κ3) is 3.45. The second-order valence-electron chi connectivity index (χ2n) is 5.04. The van der Waals surface area contributed by atoms with Gasteiger partial charge in [-0.1, -0.05) is 11.8 Å². The number of hydrogen-bond acceptors (Lipinski definition) is 4. The molecule has 1 saturated heterocycles. The lowest BCUT2D eigenvalue weighted by atomic mass is 10.0. The van der Waals surface area contributed by atoms with Gasteiger partial charge in [0.2, 0.25) is 0 Å². The molecule has 2 rings (SSSR count). The van der Waals surface area contributed by atoms with Crippen LogP contribution in [0.15, 0.2) is 10.4 Å². The zero-order valence-electron chi connectivity index (χ0n) is 10.8. The van der Waals surface area contributed by atoms with Gasteiger partial charge in [0.1, 0.15) is 11.0 Å². The molecule has 0 bridgehead atoms. The summed E-state index contributed by atoms with van der Waals surface area (Å²) in [5.74, 6) is 1.14. The maximum absolute atomic E-state index is 4.73. The standard InChI is InChI=1S/C12H19N3S2/c1-8-7-17-10(13-8)9(2)14-11-15-12(3,4)5-6-16-11/h7,9H,5-6H2,1-4H3,(H,14,15). The van der Waals surface area contributed by atoms with Crippen LogP contribution in [0.5, 0.6) is 0 Å². The van der Waals surface area contributed by atoms with Gasteiger partial charge < -0.3 is 5.32 Å². The summed E-state index contributed by atoms with van der Waals surface area (Å²) in [6, 6.07) is 0.151. The summed E-state index contributed by atoms with van der Waals surface area (Å²) in [5, 5.41) is 7.73. The smallest absolute Gasteiger partial charge is 0.157 e. The molecule has 1 atom stereocenters. The Morgan fingerprint density at radius 1 is 1.53 bits per heavy atom. The van der Waals surface area contributed by atoms with E-state index in [4.69, 9.17) is 4.99 Å². The summed E-state index contributed by atoms with van der Waals surface area (Å²) in [6.45, 7) is 8.58. The molecule has 94 valence electrons. The van der Waals surface area contributed by atoms with Crippen molar-refractivity contribution in [2.75, 3.05) is 5.75 Å². The number of hydrogen-bond donors (Lipinski definition) is 1. The van der Waals surface area contributed by atoms with Crippen LogP contribution in [0, 0.1) is 6.92 Å². The molecular weight excluding hydrogens is 250 g/mol. The van der Waals surface area contributed by atoms with Gasteiger partial charge in [-0.3, -0.25) is 4.99 Å². The van der Waals surface area contributed by atoms with E-state index in [2.05, 4.69) is 36.5 Å². The Bertz CT molecular complexity index is 423. The summed E-state index contributed by atoms with van der Waals surface area (Å²) >= 11 is 3.50. The van der Waals surface area contributed by atoms with Crippen molar-refractivity contribution in [2.24, 2.45) is 4.99 Å². The first-order chi connectivity index (χ1) is 7.96. The maximum Gasteiger partial charge on any atom is 0.157 e. The molecule has 1 aliphatic heterocycles. The van der Waals surface area contributed by atoms with E-state index in [-0.39, 0.29) is 11.6 Å². The number of aromatic nitrogens is 1. The summed E-state index contributed by atoms with van der Waals surface area (Å²) < 4.78 is 0. The molecule has 1 unspecified atom stereocenters. The van der Waals surface area contributed by atoms with E-state index in [1.54, 1.807) is 11.3 Å². The van der Waals surface area contributed by atoms with Crippen molar-refractivity contribution in [2.45, 2.75) is 45.7 Å². The van der Waals surface area contributed by atoms with Crippen molar-refractivity contribution in [1.82, 2.24) is 10.3 Å². The molecule has 0 aromatic carbocycles. The Hall–Kier alpha value is -0.550. The fourth-order valence-corrected chi connectivity index (χ4v) is 3.83. The molecule has 17 heavy (non-hydrogen) atoms. The second kappa shape index (κ2) is 4.98. The van der Waals surface area contributed by atoms with Crippen LogP contribution in [0.4, 0.5) is 0 Å². The minimum atomic E-state index is 0.151. The number of amidine groups is 1. The van der Waals surface area contributed by atoms with Crippen molar-refractivity contribution < 1.29 is 0 Å². The molecule has 5 heteroatoms. The summed E-state index contributed by atoms with van der Waals surface area (Å²) in [4.78, 5) is 9.22. The highest BCUT2D eigenvalue weighted by Crippen LogP contribution is 2.26. The van der Waals surface area contributed by atoms with Gasteiger partial charge in [0.15, 0.2) is 5.17 Å². The summed E-state index contributed by atoms with van der Waals surface area (Å²) in [7, 11) is 0. The zero-order chi connectivity index (χ0) is 12.5. The molecule has 0 saturated carbocycles. The molecule has 0 radical (unpaired) electrons. The van der Waals surface area contributed by atoms with Crippen LogP contribution in [-0.2, 0) is 0 Å². The lowest BCUT2D eigenvalue weighted by molar-refractivity contribution is 0.445. The number of nitrogens with zero attached hydrogens (tertiary/aromatic N) is 2. The molecule has 0 spiro atoms. The Labute approximate surface area is 111 Å². The van der Waals surface area contributed by atoms with E-state index in [1.807, 2.05) is 18.7 Å². The van der Waals surface area contributed by atoms with E-state index in [0.29, 0.717) is 0 Å². The van der Waals surface area contributed by atoms with Gasteiger partial charge in [-0.2, -0.15) is 0 Å². The molecule has 2 heterocycles. The van der Waals surface area contributed by atoms with E-state index in [0.717, 1.165) is 21.6 Å². The van der Waals surface area contributed by atoms with Crippen molar-refractivity contribution >= 4 is 28.3 Å². The van der Waals surface area contributed by atoms with Gasteiger partial charge in [0.25, 0.3) is 0 Å². The van der Waals surface area contributed by atoms with Crippen LogP contribution < -0.4 is 5.32 Å². The highest BCUT2D eigenvalue weighted by atomic mass is 32.2. The van der Waals surface area contributed by atoms with Crippen molar-refractivity contribution in [1.29, 1.82) is 0 Å². The fraction of sp³-hybridized carbons (Fsp3) is 0.667. The van der Waals surface area contributed by atoms with Crippen LogP contribution in [0.3, 0.4) is 0 Å². The Morgan fingerprint density at radius 3 is 2.88 bits per heavy atom. The number of thiazole rings is 1. The number of aliphatic imine (C=N–C) groups is 1. The normalized spacial score (nSPS) is 23.4. The molecule has 1 aromatic rings. The first-order valence-corrected chi connectivity index (χ1v) is 7.74. The van der Waals surface area contributed by atoms with E-state index >= 15 is 0 Å². The number of nitrogens with one attached hydrogen (secondary N) is 1. The predicted octanol–water partition coefficient (Wildman–Crippen LogP) is 3.37. The molecule has 1 N–H and O–H groups in total. The van der Waals surface area contributed by atoms with Gasteiger partial charge in [0, 0.05) is 22.4 Å². The molecule has 1 aromatic heterocycles. The summed E-state index contributed by atoms with van der Waals surface area (Å²) in [6.07, 6.45) is 1.18. The predicted molar refractivity (Wildman–Crippen MR) is 77.0 cm³/mol. The Kier molecular flexibility index (Phi) is 3.78. The maximum atomic E-state index is 4.73. The molecule has 0 aliphatic carbocycles. The van der Waals surface area contributed by atoms with Crippen molar-refractivity contribution in [3.8, 4) is 0 Å². The SMILES string of the molecule is Cc1csc(C(C)N=C2NC(C)(C)CCS2)n1. The highest BCUT2D eigenvalue weighted by molar-refractivity contribution is 8.13. The van der Waals surface area contributed by atoms with Crippen molar-refractivity contribution in [3.05, 3.63) is 16.1 Å². The minimum Gasteiger partial charge on any atom is -0.360 e. The monoisotopic (exact) mass is 269 g/mol. The van der Waals surface area contributed by atoms with Gasteiger partial charge in [-0.25, -0.2) is 4.98 Å². The minimum absolute atomic E-state index is 0.151. The topological polar surface area (TPSA) is 37.3 Å². The van der Waals surface area contributed by atoms with E-state index < -0.39 is 0 Å². The summed E-state index contributed by atoms with van der Waals surface area (Å²) in [5.41, 5.74) is 1.25. The van der Waals surface area contributed by atoms with Crippen LogP contribution >= 0.6 is 23.1 Å². The van der Waals surface area contributed by atoms with Crippen LogP contribution in [0.25, 0.3) is 0 Å². The Balaban J connectivity index is 2.08. The number of aryl methyl sites for hydroxylation is 1. The fourth-order valence-electron chi connectivity index (χ4n) is 1.66. The van der Waals surface area contributed by atoms with Gasteiger partial charge in [0.05, 0.1) is 0 Å². The van der Waals surface area contributed by atoms with Crippen LogP contribution in [0.1, 0.15) is 43.9 Å². The molecule has 1 aliphatic rings. The van der Waals surface area contributed by atoms with Gasteiger partial charge in [-0.15, -0.1) is 11.3 Å². The van der Waals surface area contributed by atoms with Crippen LogP contribution in [0.2, 0.25) is 0 Å². The first kappa shape index (κ1) is 12.9. The quantitative estimate of drug-likeness (QED) is 0.894. The molecule has 1 fully saturated rings. The number of rotatable bonds is 2. The average Bonchev–Trinajstić information content (AvgIpc) is 2.63. The molecule has 3 nitrogen and oxygen atoms in total. The molecule has 0 amide bonds. The van der Waals surface area contributed by atoms with E-state index in [9.17, 15) is 0 Å². The lowest BCUT2D eigenvalue weighted by Crippen LogP contribution is -2.46. The largest absolute Gasteiger partial charge is 0.360 e. The van der Waals surface area contributed by atoms with E-state index in [1.165, 1.54) is 6.42 Å². The van der Waals surface area contributed by atoms with Crippen molar-refractivity contribution in [3.63, 3.8) is 0 Å². The highest BCUT2D eigenvalue weighted by Gasteiger charge is 2.24. The van der Waals surface area contributed by atoms with Crippen LogP contribution in [-0.4, -0.2) is 21.4 Å². The average molecular weight is 269 g/mol. The molecular formula is C12H19N3S2. The number of thioether (sulfide) groups is 1.